The molecule has 9 heteroatoms. The van der Waals surface area contributed by atoms with E-state index in [2.05, 4.69) is 10.6 Å². The first-order valence-corrected chi connectivity index (χ1v) is 9.09. The van der Waals surface area contributed by atoms with E-state index in [1.54, 1.807) is 26.0 Å². The van der Waals surface area contributed by atoms with Crippen molar-refractivity contribution >= 4 is 41.1 Å². The molecular formula is C17H21N3O5S. The molecule has 3 amide bonds. The minimum atomic E-state index is -0.693. The van der Waals surface area contributed by atoms with Crippen LogP contribution in [0.4, 0.5) is 5.69 Å². The number of para-hydroxylation sites is 1. The Bertz CT molecular complexity index is 707. The van der Waals surface area contributed by atoms with E-state index >= 15 is 0 Å². The second kappa shape index (κ2) is 9.23. The highest BCUT2D eigenvalue weighted by Crippen LogP contribution is 2.34. The molecule has 0 fully saturated rings. The molecule has 1 aromatic carbocycles. The fourth-order valence-electron chi connectivity index (χ4n) is 2.25. The van der Waals surface area contributed by atoms with Gasteiger partial charge in [0.15, 0.2) is 6.61 Å². The Morgan fingerprint density at radius 1 is 1.23 bits per heavy atom. The van der Waals surface area contributed by atoms with E-state index in [-0.39, 0.29) is 36.7 Å². The Morgan fingerprint density at radius 2 is 1.96 bits per heavy atom. The van der Waals surface area contributed by atoms with Gasteiger partial charge in [-0.1, -0.05) is 12.1 Å². The van der Waals surface area contributed by atoms with E-state index < -0.39 is 18.5 Å². The molecule has 2 rings (SSSR count). The first-order chi connectivity index (χ1) is 12.4. The number of hydrogen-bond donors (Lipinski definition) is 2. The van der Waals surface area contributed by atoms with Gasteiger partial charge in [0.2, 0.25) is 11.8 Å². The Labute approximate surface area is 155 Å². The van der Waals surface area contributed by atoms with Crippen LogP contribution in [-0.4, -0.2) is 55.2 Å². The average Bonchev–Trinajstić information content (AvgIpc) is 2.60. The lowest BCUT2D eigenvalue weighted by atomic mass is 10.2. The number of fused-ring (bicyclic) bond motifs is 1. The van der Waals surface area contributed by atoms with Crippen LogP contribution >= 0.6 is 11.8 Å². The van der Waals surface area contributed by atoms with Crippen molar-refractivity contribution in [3.63, 3.8) is 0 Å². The van der Waals surface area contributed by atoms with Crippen LogP contribution in [0.15, 0.2) is 29.2 Å². The van der Waals surface area contributed by atoms with Crippen molar-refractivity contribution in [2.75, 3.05) is 30.3 Å². The number of amides is 3. The molecule has 1 aliphatic heterocycles. The summed E-state index contributed by atoms with van der Waals surface area (Å²) in [7, 11) is 0. The van der Waals surface area contributed by atoms with Gasteiger partial charge in [0.1, 0.15) is 6.54 Å². The van der Waals surface area contributed by atoms with Crippen molar-refractivity contribution in [1.82, 2.24) is 10.6 Å². The van der Waals surface area contributed by atoms with Crippen LogP contribution in [0.25, 0.3) is 0 Å². The molecule has 0 aromatic heterocycles. The number of anilines is 1. The number of ether oxygens (including phenoxy) is 1. The summed E-state index contributed by atoms with van der Waals surface area (Å²) in [5.74, 6) is -1.55. The lowest BCUT2D eigenvalue weighted by molar-refractivity contribution is -0.147. The fraction of sp³-hybridized carbons (Fsp3) is 0.412. The maximum absolute atomic E-state index is 12.1. The van der Waals surface area contributed by atoms with Crippen LogP contribution in [0.3, 0.4) is 0 Å². The fourth-order valence-corrected chi connectivity index (χ4v) is 3.19. The predicted molar refractivity (Wildman–Crippen MR) is 96.8 cm³/mol. The standard InChI is InChI=1S/C17H21N3O5S/c1-11(2)19-14(21)7-18-15(22)9-25-17(24)8-20-12-5-3-4-6-13(12)26-10-16(20)23/h3-6,11H,7-10H2,1-2H3,(H,18,22)(H,19,21). The van der Waals surface area contributed by atoms with Gasteiger partial charge in [0, 0.05) is 10.9 Å². The highest BCUT2D eigenvalue weighted by molar-refractivity contribution is 8.00. The van der Waals surface area contributed by atoms with Gasteiger partial charge in [0.05, 0.1) is 18.0 Å². The Kier molecular flexibility index (Phi) is 7.02. The van der Waals surface area contributed by atoms with Gasteiger partial charge in [-0.25, -0.2) is 0 Å². The van der Waals surface area contributed by atoms with Gasteiger partial charge in [-0.3, -0.25) is 24.1 Å². The summed E-state index contributed by atoms with van der Waals surface area (Å²) in [5.41, 5.74) is 0.653. The van der Waals surface area contributed by atoms with E-state index in [1.165, 1.54) is 16.7 Å². The Balaban J connectivity index is 1.79. The number of nitrogens with zero attached hydrogens (tertiary/aromatic N) is 1. The molecular weight excluding hydrogens is 358 g/mol. The molecule has 1 aromatic rings. The Hall–Kier alpha value is -2.55. The number of esters is 1. The molecule has 1 aliphatic rings. The molecule has 2 N–H and O–H groups in total. The first-order valence-electron chi connectivity index (χ1n) is 8.10. The number of carbonyl (C=O) groups is 4. The zero-order valence-corrected chi connectivity index (χ0v) is 15.4. The molecule has 0 spiro atoms. The van der Waals surface area contributed by atoms with Gasteiger partial charge in [-0.15, -0.1) is 11.8 Å². The van der Waals surface area contributed by atoms with Crippen LogP contribution in [0.1, 0.15) is 13.8 Å². The van der Waals surface area contributed by atoms with Gasteiger partial charge < -0.3 is 15.4 Å². The molecule has 1 heterocycles. The normalized spacial score (nSPS) is 13.2. The van der Waals surface area contributed by atoms with E-state index in [0.29, 0.717) is 5.69 Å². The van der Waals surface area contributed by atoms with Crippen LogP contribution < -0.4 is 15.5 Å². The van der Waals surface area contributed by atoms with Crippen LogP contribution in [-0.2, 0) is 23.9 Å². The second-order valence-corrected chi connectivity index (χ2v) is 6.91. The molecule has 26 heavy (non-hydrogen) atoms. The van der Waals surface area contributed by atoms with Crippen LogP contribution in [0, 0.1) is 0 Å². The monoisotopic (exact) mass is 379 g/mol. The van der Waals surface area contributed by atoms with Gasteiger partial charge >= 0.3 is 5.97 Å². The van der Waals surface area contributed by atoms with Crippen molar-refractivity contribution in [1.29, 1.82) is 0 Å². The third kappa shape index (κ3) is 5.76. The molecule has 0 saturated carbocycles. The zero-order valence-electron chi connectivity index (χ0n) is 14.6. The lowest BCUT2D eigenvalue weighted by Gasteiger charge is -2.27. The number of hydrogen-bond acceptors (Lipinski definition) is 6. The summed E-state index contributed by atoms with van der Waals surface area (Å²) in [6.07, 6.45) is 0. The summed E-state index contributed by atoms with van der Waals surface area (Å²) in [4.78, 5) is 49.4. The highest BCUT2D eigenvalue weighted by Gasteiger charge is 2.26. The molecule has 0 atom stereocenters. The number of carbonyl (C=O) groups excluding carboxylic acids is 4. The largest absolute Gasteiger partial charge is 0.454 e. The van der Waals surface area contributed by atoms with Crippen molar-refractivity contribution in [2.24, 2.45) is 0 Å². The highest BCUT2D eigenvalue weighted by atomic mass is 32.2. The summed E-state index contributed by atoms with van der Waals surface area (Å²) in [6.45, 7) is 2.65. The summed E-state index contributed by atoms with van der Waals surface area (Å²) >= 11 is 1.41. The molecule has 0 bridgehead atoms. The van der Waals surface area contributed by atoms with Crippen LogP contribution in [0.5, 0.6) is 0 Å². The SMILES string of the molecule is CC(C)NC(=O)CNC(=O)COC(=O)CN1C(=O)CSc2ccccc21. The number of rotatable bonds is 7. The quantitative estimate of drug-likeness (QED) is 0.661. The average molecular weight is 379 g/mol. The number of nitrogens with one attached hydrogen (secondary N) is 2. The number of thioether (sulfide) groups is 1. The summed E-state index contributed by atoms with van der Waals surface area (Å²) in [6, 6.07) is 7.25. The van der Waals surface area contributed by atoms with Crippen LogP contribution in [0.2, 0.25) is 0 Å². The lowest BCUT2D eigenvalue weighted by Crippen LogP contribution is -2.42. The van der Waals surface area contributed by atoms with Crippen molar-refractivity contribution in [2.45, 2.75) is 24.8 Å². The van der Waals surface area contributed by atoms with E-state index in [1.807, 2.05) is 12.1 Å². The van der Waals surface area contributed by atoms with Crippen molar-refractivity contribution in [3.8, 4) is 0 Å². The molecule has 0 radical (unpaired) electrons. The van der Waals surface area contributed by atoms with E-state index in [0.717, 1.165) is 4.90 Å². The summed E-state index contributed by atoms with van der Waals surface area (Å²) < 4.78 is 4.90. The maximum atomic E-state index is 12.1. The minimum absolute atomic E-state index is 0.0275. The molecule has 0 unspecified atom stereocenters. The van der Waals surface area contributed by atoms with Crippen molar-refractivity contribution < 1.29 is 23.9 Å². The smallest absolute Gasteiger partial charge is 0.326 e. The van der Waals surface area contributed by atoms with E-state index in [4.69, 9.17) is 4.74 Å². The topological polar surface area (TPSA) is 105 Å². The third-order valence-corrected chi connectivity index (χ3v) is 4.40. The second-order valence-electron chi connectivity index (χ2n) is 5.90. The van der Waals surface area contributed by atoms with Gasteiger partial charge in [0.25, 0.3) is 5.91 Å². The molecule has 0 saturated heterocycles. The first kappa shape index (κ1) is 19.8. The third-order valence-electron chi connectivity index (χ3n) is 3.36. The van der Waals surface area contributed by atoms with E-state index in [9.17, 15) is 19.2 Å². The summed E-state index contributed by atoms with van der Waals surface area (Å²) in [5, 5.41) is 4.98. The predicted octanol–water partition coefficient (Wildman–Crippen LogP) is 0.309. The molecule has 0 aliphatic carbocycles. The zero-order chi connectivity index (χ0) is 19.1. The minimum Gasteiger partial charge on any atom is -0.454 e. The van der Waals surface area contributed by atoms with Crippen molar-refractivity contribution in [3.05, 3.63) is 24.3 Å². The van der Waals surface area contributed by atoms with Gasteiger partial charge in [-0.05, 0) is 26.0 Å². The maximum Gasteiger partial charge on any atom is 0.326 e. The molecule has 140 valence electrons. The Morgan fingerprint density at radius 3 is 2.69 bits per heavy atom. The molecule has 8 nitrogen and oxygen atoms in total. The van der Waals surface area contributed by atoms with Gasteiger partial charge in [-0.2, -0.15) is 0 Å². The number of benzene rings is 1.